The molecule has 1 aliphatic rings. The number of hydrogen-bond acceptors (Lipinski definition) is 2. The molecule has 8 aromatic carbocycles. The van der Waals surface area contributed by atoms with Crippen LogP contribution in [0.4, 0.5) is 17.1 Å². The lowest BCUT2D eigenvalue weighted by Crippen LogP contribution is -2.16. The fourth-order valence-electron chi connectivity index (χ4n) is 8.24. The number of rotatable bonds is 5. The number of furan rings is 1. The summed E-state index contributed by atoms with van der Waals surface area (Å²) in [5.41, 5.74) is 15.3. The Labute approximate surface area is 297 Å². The zero-order chi connectivity index (χ0) is 34.1. The van der Waals surface area contributed by atoms with Gasteiger partial charge in [0, 0.05) is 33.2 Å². The monoisotopic (exact) mass is 653 g/mol. The van der Waals surface area contributed by atoms with Crippen molar-refractivity contribution < 1.29 is 4.42 Å². The molecule has 1 aromatic heterocycles. The lowest BCUT2D eigenvalue weighted by Gasteiger charge is -2.28. The van der Waals surface area contributed by atoms with E-state index in [1.165, 1.54) is 60.7 Å². The molecule has 10 rings (SSSR count). The maximum atomic E-state index is 6.22. The smallest absolute Gasteiger partial charge is 0.136 e. The average molecular weight is 654 g/mol. The first-order chi connectivity index (χ1) is 25.0. The second kappa shape index (κ2) is 11.3. The number of para-hydroxylation sites is 1. The molecule has 0 radical (unpaired) electrons. The van der Waals surface area contributed by atoms with Gasteiger partial charge in [-0.05, 0) is 110 Å². The topological polar surface area (TPSA) is 16.4 Å². The van der Waals surface area contributed by atoms with Gasteiger partial charge in [-0.2, -0.15) is 0 Å². The number of benzene rings is 8. The van der Waals surface area contributed by atoms with E-state index in [9.17, 15) is 0 Å². The van der Waals surface area contributed by atoms with E-state index in [4.69, 9.17) is 4.42 Å². The zero-order valence-electron chi connectivity index (χ0n) is 28.6. The van der Waals surface area contributed by atoms with Gasteiger partial charge in [-0.15, -0.1) is 0 Å². The van der Waals surface area contributed by atoms with E-state index in [1.807, 2.05) is 12.1 Å². The van der Waals surface area contributed by atoms with E-state index in [1.54, 1.807) is 0 Å². The molecule has 0 fully saturated rings. The van der Waals surface area contributed by atoms with Crippen molar-refractivity contribution in [2.24, 2.45) is 0 Å². The van der Waals surface area contributed by atoms with Crippen molar-refractivity contribution in [1.82, 2.24) is 0 Å². The fourth-order valence-corrected chi connectivity index (χ4v) is 8.24. The Morgan fingerprint density at radius 2 is 1.00 bits per heavy atom. The molecule has 0 unspecified atom stereocenters. The van der Waals surface area contributed by atoms with Crippen LogP contribution in [0.2, 0.25) is 0 Å². The summed E-state index contributed by atoms with van der Waals surface area (Å²) in [6, 6.07) is 63.7. The highest BCUT2D eigenvalue weighted by Gasteiger charge is 2.35. The third-order valence-electron chi connectivity index (χ3n) is 10.9. The van der Waals surface area contributed by atoms with Crippen LogP contribution in [0, 0.1) is 0 Å². The number of nitrogens with zero attached hydrogens (tertiary/aromatic N) is 1. The molecular formula is C49H35NO. The van der Waals surface area contributed by atoms with Crippen LogP contribution in [-0.4, -0.2) is 0 Å². The third-order valence-corrected chi connectivity index (χ3v) is 10.9. The molecule has 0 spiro atoms. The Hall–Kier alpha value is -6.38. The zero-order valence-corrected chi connectivity index (χ0v) is 28.6. The molecule has 242 valence electrons. The van der Waals surface area contributed by atoms with E-state index >= 15 is 0 Å². The van der Waals surface area contributed by atoms with Crippen molar-refractivity contribution in [3.8, 4) is 33.4 Å². The van der Waals surface area contributed by atoms with Crippen molar-refractivity contribution >= 4 is 49.8 Å². The molecule has 0 atom stereocenters. The van der Waals surface area contributed by atoms with Gasteiger partial charge in [-0.25, -0.2) is 0 Å². The standard InChI is InChI=1S/C49H35NO/c1-49(2)44-14-8-6-12-40(44)41-28-27-39(31-45(41)49)50(37-23-18-33(19-24-37)32-10-4-3-5-11-32)38-25-20-34(21-26-38)36-17-16-35-22-29-47-48(43(35)30-36)42-13-7-9-15-46(42)51-47/h3-31H,1-2H3. The quantitative estimate of drug-likeness (QED) is 0.184. The maximum absolute atomic E-state index is 6.22. The summed E-state index contributed by atoms with van der Waals surface area (Å²) in [5, 5.41) is 4.75. The molecule has 0 N–H and O–H groups in total. The summed E-state index contributed by atoms with van der Waals surface area (Å²) in [6.07, 6.45) is 0. The van der Waals surface area contributed by atoms with Gasteiger partial charge < -0.3 is 9.32 Å². The van der Waals surface area contributed by atoms with Crippen molar-refractivity contribution in [3.05, 3.63) is 187 Å². The summed E-state index contributed by atoms with van der Waals surface area (Å²) in [4.78, 5) is 2.39. The summed E-state index contributed by atoms with van der Waals surface area (Å²) < 4.78 is 6.22. The highest BCUT2D eigenvalue weighted by Crippen LogP contribution is 2.50. The predicted molar refractivity (Wildman–Crippen MR) is 214 cm³/mol. The average Bonchev–Trinajstić information content (AvgIpc) is 3.68. The molecule has 0 saturated carbocycles. The van der Waals surface area contributed by atoms with Crippen molar-refractivity contribution in [3.63, 3.8) is 0 Å². The van der Waals surface area contributed by atoms with Crippen LogP contribution < -0.4 is 4.90 Å². The van der Waals surface area contributed by atoms with Gasteiger partial charge in [0.05, 0.1) is 0 Å². The van der Waals surface area contributed by atoms with E-state index in [2.05, 4.69) is 183 Å². The van der Waals surface area contributed by atoms with Crippen molar-refractivity contribution in [2.45, 2.75) is 19.3 Å². The molecule has 0 amide bonds. The van der Waals surface area contributed by atoms with Gasteiger partial charge >= 0.3 is 0 Å². The normalized spacial score (nSPS) is 13.1. The van der Waals surface area contributed by atoms with Crippen LogP contribution in [0.5, 0.6) is 0 Å². The van der Waals surface area contributed by atoms with Gasteiger partial charge in [0.2, 0.25) is 0 Å². The first-order valence-electron chi connectivity index (χ1n) is 17.7. The Balaban J connectivity index is 1.08. The lowest BCUT2D eigenvalue weighted by molar-refractivity contribution is 0.660. The SMILES string of the molecule is CC1(C)c2ccccc2-c2ccc(N(c3ccc(-c4ccccc4)cc3)c3ccc(-c4ccc5ccc6oc7ccccc7c6c5c4)cc3)cc21. The Morgan fingerprint density at radius 3 is 1.78 bits per heavy atom. The van der Waals surface area contributed by atoms with Crippen LogP contribution >= 0.6 is 0 Å². The van der Waals surface area contributed by atoms with E-state index in [-0.39, 0.29) is 5.41 Å². The minimum atomic E-state index is -0.0869. The Kier molecular flexibility index (Phi) is 6.56. The summed E-state index contributed by atoms with van der Waals surface area (Å²) in [6.45, 7) is 4.69. The fraction of sp³-hybridized carbons (Fsp3) is 0.0612. The van der Waals surface area contributed by atoms with Gasteiger partial charge in [-0.3, -0.25) is 0 Å². The van der Waals surface area contributed by atoms with E-state index < -0.39 is 0 Å². The molecule has 0 aliphatic heterocycles. The Morgan fingerprint density at radius 1 is 0.412 bits per heavy atom. The molecule has 51 heavy (non-hydrogen) atoms. The first-order valence-corrected chi connectivity index (χ1v) is 17.7. The predicted octanol–water partition coefficient (Wildman–Crippen LogP) is 13.8. The second-order valence-corrected chi connectivity index (χ2v) is 14.2. The third kappa shape index (κ3) is 4.71. The van der Waals surface area contributed by atoms with Crippen LogP contribution in [0.1, 0.15) is 25.0 Å². The molecule has 9 aromatic rings. The van der Waals surface area contributed by atoms with Gasteiger partial charge in [0.15, 0.2) is 0 Å². The summed E-state index contributed by atoms with van der Waals surface area (Å²) in [7, 11) is 0. The largest absolute Gasteiger partial charge is 0.456 e. The maximum Gasteiger partial charge on any atom is 0.136 e. The minimum absolute atomic E-state index is 0.0869. The molecule has 0 saturated heterocycles. The Bertz CT molecular complexity index is 2750. The van der Waals surface area contributed by atoms with Crippen molar-refractivity contribution in [2.75, 3.05) is 4.90 Å². The number of anilines is 3. The second-order valence-electron chi connectivity index (χ2n) is 14.2. The summed E-state index contributed by atoms with van der Waals surface area (Å²) in [5.74, 6) is 0. The van der Waals surface area contributed by atoms with Crippen LogP contribution in [-0.2, 0) is 5.41 Å². The van der Waals surface area contributed by atoms with Crippen LogP contribution in [0.25, 0.3) is 66.1 Å². The highest BCUT2D eigenvalue weighted by atomic mass is 16.3. The molecule has 2 heteroatoms. The van der Waals surface area contributed by atoms with Gasteiger partial charge in [0.25, 0.3) is 0 Å². The molecule has 1 heterocycles. The van der Waals surface area contributed by atoms with E-state index in [0.717, 1.165) is 33.6 Å². The summed E-state index contributed by atoms with van der Waals surface area (Å²) >= 11 is 0. The molecule has 2 nitrogen and oxygen atoms in total. The minimum Gasteiger partial charge on any atom is -0.456 e. The molecule has 0 bridgehead atoms. The van der Waals surface area contributed by atoms with Crippen molar-refractivity contribution in [1.29, 1.82) is 0 Å². The van der Waals surface area contributed by atoms with Gasteiger partial charge in [-0.1, -0.05) is 135 Å². The molecule has 1 aliphatic carbocycles. The first kappa shape index (κ1) is 29.5. The van der Waals surface area contributed by atoms with Gasteiger partial charge in [0.1, 0.15) is 11.2 Å². The van der Waals surface area contributed by atoms with E-state index in [0.29, 0.717) is 0 Å². The van der Waals surface area contributed by atoms with Crippen LogP contribution in [0.3, 0.4) is 0 Å². The number of hydrogen-bond donors (Lipinski definition) is 0. The number of fused-ring (bicyclic) bond motifs is 8. The molecular weight excluding hydrogens is 619 g/mol. The lowest BCUT2D eigenvalue weighted by atomic mass is 9.82. The highest BCUT2D eigenvalue weighted by molar-refractivity contribution is 6.19. The van der Waals surface area contributed by atoms with Crippen LogP contribution in [0.15, 0.2) is 180 Å².